The number of hydrogen-bond acceptors (Lipinski definition) is 2. The summed E-state index contributed by atoms with van der Waals surface area (Å²) in [5.41, 5.74) is 2.19. The molecule has 5 heteroatoms. The standard InChI is InChI=1S/C17H18N2O3/c20-16(19-15(17(21)22)10-11-6-7-11)14-9-8-13(18-14)12-4-2-1-3-5-12/h1-5,8-9,11,15,18H,6-7,10H2,(H,19,20)(H,21,22). The molecule has 22 heavy (non-hydrogen) atoms. The Morgan fingerprint density at radius 3 is 2.55 bits per heavy atom. The first kappa shape index (κ1) is 14.4. The van der Waals surface area contributed by atoms with Crippen molar-refractivity contribution in [3.05, 3.63) is 48.2 Å². The van der Waals surface area contributed by atoms with Crippen molar-refractivity contribution in [3.63, 3.8) is 0 Å². The number of nitrogens with one attached hydrogen (secondary N) is 2. The van der Waals surface area contributed by atoms with E-state index in [0.29, 0.717) is 18.0 Å². The molecular formula is C17H18N2O3. The Bertz CT molecular complexity index is 674. The van der Waals surface area contributed by atoms with Gasteiger partial charge in [0.1, 0.15) is 11.7 Å². The first-order valence-corrected chi connectivity index (χ1v) is 7.41. The van der Waals surface area contributed by atoms with Gasteiger partial charge in [0.15, 0.2) is 0 Å². The molecule has 3 N–H and O–H groups in total. The highest BCUT2D eigenvalue weighted by molar-refractivity contribution is 5.95. The Morgan fingerprint density at radius 2 is 1.91 bits per heavy atom. The highest BCUT2D eigenvalue weighted by atomic mass is 16.4. The van der Waals surface area contributed by atoms with E-state index in [1.54, 1.807) is 6.07 Å². The van der Waals surface area contributed by atoms with Gasteiger partial charge in [-0.05, 0) is 30.0 Å². The fourth-order valence-electron chi connectivity index (χ4n) is 2.46. The van der Waals surface area contributed by atoms with Gasteiger partial charge in [-0.1, -0.05) is 43.2 Å². The molecule has 1 atom stereocenters. The van der Waals surface area contributed by atoms with Gasteiger partial charge in [0.2, 0.25) is 0 Å². The lowest BCUT2D eigenvalue weighted by atomic mass is 10.1. The van der Waals surface area contributed by atoms with Crippen molar-refractivity contribution in [2.75, 3.05) is 0 Å². The summed E-state index contributed by atoms with van der Waals surface area (Å²) < 4.78 is 0. The minimum atomic E-state index is -0.977. The fourth-order valence-corrected chi connectivity index (χ4v) is 2.46. The minimum absolute atomic E-state index is 0.376. The number of carboxylic acids is 1. The second-order valence-electron chi connectivity index (χ2n) is 5.70. The third kappa shape index (κ3) is 3.36. The van der Waals surface area contributed by atoms with Crippen LogP contribution in [0.15, 0.2) is 42.5 Å². The first-order chi connectivity index (χ1) is 10.6. The quantitative estimate of drug-likeness (QED) is 0.766. The number of aliphatic carboxylic acids is 1. The SMILES string of the molecule is O=C(NC(CC1CC1)C(=O)O)c1ccc(-c2ccccc2)[nH]1. The summed E-state index contributed by atoms with van der Waals surface area (Å²) in [5.74, 6) is -0.921. The summed E-state index contributed by atoms with van der Waals surface area (Å²) in [6, 6.07) is 12.3. The molecule has 1 saturated carbocycles. The molecular weight excluding hydrogens is 280 g/mol. The van der Waals surface area contributed by atoms with Crippen molar-refractivity contribution in [2.24, 2.45) is 5.92 Å². The Morgan fingerprint density at radius 1 is 1.18 bits per heavy atom. The van der Waals surface area contributed by atoms with Gasteiger partial charge in [-0.3, -0.25) is 4.79 Å². The predicted octanol–water partition coefficient (Wildman–Crippen LogP) is 2.66. The molecule has 0 radical (unpaired) electrons. The van der Waals surface area contributed by atoms with Crippen LogP contribution in [0.25, 0.3) is 11.3 Å². The van der Waals surface area contributed by atoms with Crippen molar-refractivity contribution in [2.45, 2.75) is 25.3 Å². The maximum Gasteiger partial charge on any atom is 0.326 e. The van der Waals surface area contributed by atoms with E-state index in [4.69, 9.17) is 0 Å². The lowest BCUT2D eigenvalue weighted by molar-refractivity contribution is -0.139. The lowest BCUT2D eigenvalue weighted by Gasteiger charge is -2.13. The molecule has 1 aliphatic rings. The molecule has 1 aromatic heterocycles. The second-order valence-corrected chi connectivity index (χ2v) is 5.70. The monoisotopic (exact) mass is 298 g/mol. The Kier molecular flexibility index (Phi) is 3.96. The number of aromatic amines is 1. The molecule has 1 unspecified atom stereocenters. The van der Waals surface area contributed by atoms with Gasteiger partial charge >= 0.3 is 5.97 Å². The topological polar surface area (TPSA) is 82.2 Å². The molecule has 114 valence electrons. The van der Waals surface area contributed by atoms with Crippen molar-refractivity contribution < 1.29 is 14.7 Å². The van der Waals surface area contributed by atoms with E-state index < -0.39 is 12.0 Å². The number of H-pyrrole nitrogens is 1. The predicted molar refractivity (Wildman–Crippen MR) is 82.5 cm³/mol. The van der Waals surface area contributed by atoms with Gasteiger partial charge in [0, 0.05) is 5.69 Å². The van der Waals surface area contributed by atoms with E-state index in [-0.39, 0.29) is 5.91 Å². The third-order valence-electron chi connectivity index (χ3n) is 3.88. The number of rotatable bonds is 6. The number of hydrogen-bond donors (Lipinski definition) is 3. The van der Waals surface area contributed by atoms with Crippen LogP contribution in [0, 0.1) is 5.92 Å². The van der Waals surface area contributed by atoms with Crippen molar-refractivity contribution in [3.8, 4) is 11.3 Å². The summed E-state index contributed by atoms with van der Waals surface area (Å²) in [6.07, 6.45) is 2.62. The molecule has 5 nitrogen and oxygen atoms in total. The summed E-state index contributed by atoms with van der Waals surface area (Å²) in [7, 11) is 0. The van der Waals surface area contributed by atoms with E-state index in [0.717, 1.165) is 24.1 Å². The largest absolute Gasteiger partial charge is 0.480 e. The number of carbonyl (C=O) groups excluding carboxylic acids is 1. The normalized spacial score (nSPS) is 15.3. The van der Waals surface area contributed by atoms with Crippen LogP contribution in [-0.2, 0) is 4.79 Å². The zero-order valence-electron chi connectivity index (χ0n) is 12.1. The molecule has 3 rings (SSSR count). The van der Waals surface area contributed by atoms with E-state index in [1.165, 1.54) is 0 Å². The number of carboxylic acid groups (broad SMARTS) is 1. The number of amides is 1. The molecule has 0 aliphatic heterocycles. The Labute approximate surface area is 128 Å². The average Bonchev–Trinajstić information content (AvgIpc) is 3.20. The molecule has 1 aliphatic carbocycles. The summed E-state index contributed by atoms with van der Waals surface area (Å²) >= 11 is 0. The van der Waals surface area contributed by atoms with E-state index in [1.807, 2.05) is 36.4 Å². The molecule has 2 aromatic rings. The van der Waals surface area contributed by atoms with Crippen LogP contribution >= 0.6 is 0 Å². The molecule has 1 aromatic carbocycles. The average molecular weight is 298 g/mol. The second kappa shape index (κ2) is 6.05. The lowest BCUT2D eigenvalue weighted by Crippen LogP contribution is -2.41. The smallest absolute Gasteiger partial charge is 0.326 e. The van der Waals surface area contributed by atoms with Gasteiger partial charge in [-0.25, -0.2) is 4.79 Å². The Hall–Kier alpha value is -2.56. The van der Waals surface area contributed by atoms with Crippen molar-refractivity contribution in [1.29, 1.82) is 0 Å². The van der Waals surface area contributed by atoms with Gasteiger partial charge in [0.05, 0.1) is 0 Å². The fraction of sp³-hybridized carbons (Fsp3) is 0.294. The summed E-state index contributed by atoms with van der Waals surface area (Å²) in [6.45, 7) is 0. The van der Waals surface area contributed by atoms with Crippen LogP contribution in [0.4, 0.5) is 0 Å². The molecule has 1 amide bonds. The highest BCUT2D eigenvalue weighted by Gasteiger charge is 2.30. The van der Waals surface area contributed by atoms with E-state index >= 15 is 0 Å². The van der Waals surface area contributed by atoms with Gasteiger partial charge in [-0.15, -0.1) is 0 Å². The van der Waals surface area contributed by atoms with Crippen LogP contribution in [0.3, 0.4) is 0 Å². The van der Waals surface area contributed by atoms with Crippen LogP contribution < -0.4 is 5.32 Å². The number of aromatic nitrogens is 1. The third-order valence-corrected chi connectivity index (χ3v) is 3.88. The van der Waals surface area contributed by atoms with Gasteiger partial charge < -0.3 is 15.4 Å². The number of benzene rings is 1. The summed E-state index contributed by atoms with van der Waals surface area (Å²) in [4.78, 5) is 26.5. The first-order valence-electron chi connectivity index (χ1n) is 7.41. The van der Waals surface area contributed by atoms with E-state index in [9.17, 15) is 14.7 Å². The zero-order chi connectivity index (χ0) is 15.5. The van der Waals surface area contributed by atoms with Crippen LogP contribution in [0.1, 0.15) is 29.8 Å². The maximum atomic E-state index is 12.2. The zero-order valence-corrected chi connectivity index (χ0v) is 12.1. The van der Waals surface area contributed by atoms with Crippen molar-refractivity contribution >= 4 is 11.9 Å². The molecule has 0 bridgehead atoms. The molecule has 1 fully saturated rings. The number of carbonyl (C=O) groups is 2. The van der Waals surface area contributed by atoms with E-state index in [2.05, 4.69) is 10.3 Å². The minimum Gasteiger partial charge on any atom is -0.480 e. The Balaban J connectivity index is 1.69. The molecule has 1 heterocycles. The highest BCUT2D eigenvalue weighted by Crippen LogP contribution is 2.33. The van der Waals surface area contributed by atoms with Gasteiger partial charge in [0.25, 0.3) is 5.91 Å². The van der Waals surface area contributed by atoms with Crippen LogP contribution in [-0.4, -0.2) is 28.0 Å². The van der Waals surface area contributed by atoms with Gasteiger partial charge in [-0.2, -0.15) is 0 Å². The molecule has 0 spiro atoms. The van der Waals surface area contributed by atoms with Crippen molar-refractivity contribution in [1.82, 2.24) is 10.3 Å². The summed E-state index contributed by atoms with van der Waals surface area (Å²) in [5, 5.41) is 11.8. The van der Waals surface area contributed by atoms with Crippen LogP contribution in [0.2, 0.25) is 0 Å². The molecule has 0 saturated heterocycles. The van der Waals surface area contributed by atoms with Crippen LogP contribution in [0.5, 0.6) is 0 Å². The maximum absolute atomic E-state index is 12.2.